The molecule has 0 aromatic heterocycles. The van der Waals surface area contributed by atoms with Gasteiger partial charge in [0.15, 0.2) is 5.79 Å². The minimum Gasteiger partial charge on any atom is -0.426 e. The molecule has 2 fully saturated rings. The summed E-state index contributed by atoms with van der Waals surface area (Å²) in [6.07, 6.45) is 1.88. The molecule has 25 heavy (non-hydrogen) atoms. The molecular weight excluding hydrogens is 313 g/mol. The molecule has 2 aliphatic heterocycles. The summed E-state index contributed by atoms with van der Waals surface area (Å²) < 4.78 is 17.9. The van der Waals surface area contributed by atoms with E-state index in [0.29, 0.717) is 5.92 Å². The van der Waals surface area contributed by atoms with Gasteiger partial charge in [-0.15, -0.1) is 0 Å². The van der Waals surface area contributed by atoms with Gasteiger partial charge in [-0.1, -0.05) is 32.8 Å². The number of rotatable bonds is 5. The predicted molar refractivity (Wildman–Crippen MR) is 104 cm³/mol. The fraction of sp³-hybridized carbons (Fsp3) is 0.700. The molecular formula is C20H32BNO3. The topological polar surface area (TPSA) is 30.9 Å². The molecule has 138 valence electrons. The number of ether oxygens (including phenoxy) is 2. The maximum atomic E-state index is 6.29. The van der Waals surface area contributed by atoms with Crippen molar-refractivity contribution in [2.75, 3.05) is 31.2 Å². The first kappa shape index (κ1) is 18.7. The molecule has 2 saturated heterocycles. The third-order valence-electron chi connectivity index (χ3n) is 5.94. The molecule has 1 aromatic rings. The van der Waals surface area contributed by atoms with Crippen LogP contribution in [0.25, 0.3) is 0 Å². The molecule has 0 aliphatic carbocycles. The lowest BCUT2D eigenvalue weighted by molar-refractivity contribution is -0.169. The van der Waals surface area contributed by atoms with E-state index >= 15 is 0 Å². The minimum absolute atomic E-state index is 0.0939. The van der Waals surface area contributed by atoms with Crippen molar-refractivity contribution in [1.82, 2.24) is 0 Å². The number of hydrogen-bond donors (Lipinski definition) is 0. The summed E-state index contributed by atoms with van der Waals surface area (Å²) in [4.78, 5) is 2.42. The molecule has 5 heteroatoms. The zero-order valence-corrected chi connectivity index (χ0v) is 16.4. The zero-order valence-electron chi connectivity index (χ0n) is 16.4. The van der Waals surface area contributed by atoms with Crippen LogP contribution in [-0.4, -0.2) is 44.6 Å². The second-order valence-electron chi connectivity index (χ2n) is 8.20. The van der Waals surface area contributed by atoms with Crippen molar-refractivity contribution in [3.63, 3.8) is 0 Å². The van der Waals surface area contributed by atoms with Gasteiger partial charge in [-0.3, -0.25) is 0 Å². The van der Waals surface area contributed by atoms with Crippen LogP contribution in [0, 0.1) is 5.92 Å². The molecule has 1 spiro atoms. The van der Waals surface area contributed by atoms with Crippen LogP contribution in [0.3, 0.4) is 0 Å². The Hall–Kier alpha value is -1.04. The highest BCUT2D eigenvalue weighted by Gasteiger charge is 2.39. The van der Waals surface area contributed by atoms with Crippen molar-refractivity contribution < 1.29 is 14.1 Å². The third kappa shape index (κ3) is 4.21. The van der Waals surface area contributed by atoms with Gasteiger partial charge in [0.25, 0.3) is 0 Å². The first-order chi connectivity index (χ1) is 11.8. The van der Waals surface area contributed by atoms with E-state index in [1.54, 1.807) is 0 Å². The summed E-state index contributed by atoms with van der Waals surface area (Å²) in [5, 5.41) is 0. The summed E-state index contributed by atoms with van der Waals surface area (Å²) >= 11 is 0. The summed E-state index contributed by atoms with van der Waals surface area (Å²) in [7, 11) is 0. The van der Waals surface area contributed by atoms with Crippen molar-refractivity contribution in [3.05, 3.63) is 24.3 Å². The van der Waals surface area contributed by atoms with E-state index in [-0.39, 0.29) is 18.3 Å². The molecule has 0 atom stereocenters. The van der Waals surface area contributed by atoms with Gasteiger partial charge in [-0.2, -0.15) is 0 Å². The smallest absolute Gasteiger partial charge is 0.324 e. The van der Waals surface area contributed by atoms with Gasteiger partial charge in [-0.05, 0) is 37.4 Å². The molecule has 3 rings (SSSR count). The average molecular weight is 345 g/mol. The predicted octanol–water partition coefficient (Wildman–Crippen LogP) is 3.31. The van der Waals surface area contributed by atoms with Crippen LogP contribution in [-0.2, 0) is 14.1 Å². The standard InChI is InChI=1S/C20H32BNO3/c1-16(2)19(3,4)25-21(5)17-6-8-18(9-7-17)22-12-10-20(11-13-22)23-14-15-24-20/h6-9,16H,10-15H2,1-5H3. The second kappa shape index (κ2) is 7.30. The molecule has 0 N–H and O–H groups in total. The Labute approximate surface area is 152 Å². The zero-order chi connectivity index (χ0) is 18.1. The molecule has 0 radical (unpaired) electrons. The molecule has 0 saturated carbocycles. The van der Waals surface area contributed by atoms with Gasteiger partial charge >= 0.3 is 6.92 Å². The van der Waals surface area contributed by atoms with E-state index < -0.39 is 0 Å². The van der Waals surface area contributed by atoms with Crippen molar-refractivity contribution in [1.29, 1.82) is 0 Å². The van der Waals surface area contributed by atoms with Crippen LogP contribution in [0.4, 0.5) is 5.69 Å². The number of hydrogen-bond acceptors (Lipinski definition) is 4. The molecule has 2 aliphatic rings. The van der Waals surface area contributed by atoms with Gasteiger partial charge < -0.3 is 19.0 Å². The van der Waals surface area contributed by atoms with Crippen LogP contribution in [0.5, 0.6) is 0 Å². The Morgan fingerprint density at radius 1 is 1.08 bits per heavy atom. The lowest BCUT2D eigenvalue weighted by Gasteiger charge is -2.38. The monoisotopic (exact) mass is 345 g/mol. The molecule has 0 amide bonds. The van der Waals surface area contributed by atoms with Crippen molar-refractivity contribution >= 4 is 18.1 Å². The number of benzene rings is 1. The number of anilines is 1. The van der Waals surface area contributed by atoms with E-state index in [2.05, 4.69) is 63.7 Å². The van der Waals surface area contributed by atoms with Crippen LogP contribution < -0.4 is 10.4 Å². The van der Waals surface area contributed by atoms with Crippen LogP contribution in [0.1, 0.15) is 40.5 Å². The first-order valence-corrected chi connectivity index (χ1v) is 9.62. The van der Waals surface area contributed by atoms with Crippen LogP contribution in [0.15, 0.2) is 24.3 Å². The van der Waals surface area contributed by atoms with E-state index in [9.17, 15) is 0 Å². The van der Waals surface area contributed by atoms with Crippen LogP contribution in [0.2, 0.25) is 6.82 Å². The molecule has 0 bridgehead atoms. The van der Waals surface area contributed by atoms with Gasteiger partial charge in [0.1, 0.15) is 0 Å². The Balaban J connectivity index is 1.59. The summed E-state index contributed by atoms with van der Waals surface area (Å²) in [5.41, 5.74) is 2.38. The van der Waals surface area contributed by atoms with E-state index in [1.165, 1.54) is 11.2 Å². The highest BCUT2D eigenvalue weighted by molar-refractivity contribution is 6.66. The minimum atomic E-state index is -0.304. The highest BCUT2D eigenvalue weighted by Crippen LogP contribution is 2.33. The maximum absolute atomic E-state index is 6.29. The quantitative estimate of drug-likeness (QED) is 0.766. The Morgan fingerprint density at radius 2 is 1.64 bits per heavy atom. The normalized spacial score (nSPS) is 20.5. The molecule has 1 aromatic carbocycles. The van der Waals surface area contributed by atoms with Crippen molar-refractivity contribution in [2.24, 2.45) is 5.92 Å². The van der Waals surface area contributed by atoms with E-state index in [0.717, 1.165) is 39.1 Å². The average Bonchev–Trinajstić information content (AvgIpc) is 3.03. The fourth-order valence-corrected chi connectivity index (χ4v) is 3.51. The Bertz CT molecular complexity index is 557. The first-order valence-electron chi connectivity index (χ1n) is 9.62. The summed E-state index contributed by atoms with van der Waals surface area (Å²) in [5.74, 6) is 0.177. The maximum Gasteiger partial charge on any atom is 0.324 e. The number of nitrogens with zero attached hydrogens (tertiary/aromatic N) is 1. The van der Waals surface area contributed by atoms with E-state index in [4.69, 9.17) is 14.1 Å². The number of piperidine rings is 1. The second-order valence-corrected chi connectivity index (χ2v) is 8.20. The SMILES string of the molecule is CB(OC(C)(C)C(C)C)c1ccc(N2CCC3(CC2)OCCO3)cc1. The Morgan fingerprint density at radius 3 is 2.16 bits per heavy atom. The summed E-state index contributed by atoms with van der Waals surface area (Å²) in [6, 6.07) is 8.82. The third-order valence-corrected chi connectivity index (χ3v) is 5.94. The van der Waals surface area contributed by atoms with Crippen molar-refractivity contribution in [3.8, 4) is 0 Å². The largest absolute Gasteiger partial charge is 0.426 e. The Kier molecular flexibility index (Phi) is 5.47. The fourth-order valence-electron chi connectivity index (χ4n) is 3.51. The van der Waals surface area contributed by atoms with E-state index in [1.807, 2.05) is 0 Å². The molecule has 0 unspecified atom stereocenters. The van der Waals surface area contributed by atoms with Gasteiger partial charge in [-0.25, -0.2) is 0 Å². The lowest BCUT2D eigenvalue weighted by Crippen LogP contribution is -2.45. The van der Waals surface area contributed by atoms with Gasteiger partial charge in [0.05, 0.1) is 13.2 Å². The molecule has 2 heterocycles. The molecule has 4 nitrogen and oxygen atoms in total. The lowest BCUT2D eigenvalue weighted by atomic mass is 9.62. The van der Waals surface area contributed by atoms with Gasteiger partial charge in [0, 0.05) is 37.2 Å². The van der Waals surface area contributed by atoms with Crippen LogP contribution >= 0.6 is 0 Å². The highest BCUT2D eigenvalue weighted by atomic mass is 16.7. The summed E-state index contributed by atoms with van der Waals surface area (Å²) in [6.45, 7) is 14.4. The van der Waals surface area contributed by atoms with Gasteiger partial charge in [0.2, 0.25) is 0 Å². The van der Waals surface area contributed by atoms with Crippen molar-refractivity contribution in [2.45, 2.75) is 58.7 Å².